The molecule has 0 aliphatic heterocycles. The summed E-state index contributed by atoms with van der Waals surface area (Å²) in [7, 11) is -3.30. The first-order valence-electron chi connectivity index (χ1n) is 22.2. The lowest BCUT2D eigenvalue weighted by Crippen LogP contribution is -2.37. The summed E-state index contributed by atoms with van der Waals surface area (Å²) >= 11 is 0. The summed E-state index contributed by atoms with van der Waals surface area (Å²) in [6.45, 7) is 2.98. The van der Waals surface area contributed by atoms with E-state index < -0.39 is 51.1 Å². The highest BCUT2D eigenvalue weighted by atomic mass is 31.2. The molecule has 0 amide bonds. The maximum absolute atomic E-state index is 12.7. The minimum absolute atomic E-state index is 0.164. The number of carbonyl (C=O) groups excluding carboxylic acids is 2. The molecule has 0 aromatic heterocycles. The van der Waals surface area contributed by atoms with Crippen molar-refractivity contribution in [3.63, 3.8) is 0 Å². The van der Waals surface area contributed by atoms with Crippen LogP contribution >= 0.6 is 7.82 Å². The lowest BCUT2D eigenvalue weighted by molar-refractivity contribution is -0.161. The molecule has 11 nitrogen and oxygen atoms in total. The molecule has 0 saturated carbocycles. The number of phosphoric ester groups is 1. The highest BCUT2D eigenvalue weighted by Gasteiger charge is 2.28. The molecule has 0 aromatic rings. The minimum atomic E-state index is -4.68. The van der Waals surface area contributed by atoms with Crippen LogP contribution in [0, 0.1) is 0 Å². The van der Waals surface area contributed by atoms with E-state index in [4.69, 9.17) is 23.6 Å². The Morgan fingerprint density at radius 2 is 0.945 bits per heavy atom. The zero-order valence-corrected chi connectivity index (χ0v) is 36.1. The van der Waals surface area contributed by atoms with Gasteiger partial charge in [0.25, 0.3) is 0 Å². The molecule has 12 heteroatoms. The van der Waals surface area contributed by atoms with Crippen molar-refractivity contribution in [3.8, 4) is 0 Å². The Kier molecular flexibility index (Phi) is 37.8. The first kappa shape index (κ1) is 53.2. The minimum Gasteiger partial charge on any atom is -0.480 e. The van der Waals surface area contributed by atoms with Crippen LogP contribution in [-0.4, -0.2) is 66.9 Å². The van der Waals surface area contributed by atoms with E-state index in [0.29, 0.717) is 12.8 Å². The van der Waals surface area contributed by atoms with E-state index in [1.165, 1.54) is 116 Å². The summed E-state index contributed by atoms with van der Waals surface area (Å²) in [6.07, 6.45) is 37.1. The lowest BCUT2D eigenvalue weighted by Gasteiger charge is -2.20. The van der Waals surface area contributed by atoms with Crippen molar-refractivity contribution in [3.05, 3.63) is 12.2 Å². The molecule has 0 aliphatic carbocycles. The molecule has 55 heavy (non-hydrogen) atoms. The van der Waals surface area contributed by atoms with Crippen molar-refractivity contribution in [2.75, 3.05) is 26.9 Å². The molecule has 0 saturated heterocycles. The van der Waals surface area contributed by atoms with Crippen molar-refractivity contribution >= 4 is 25.7 Å². The third-order valence-corrected chi connectivity index (χ3v) is 10.8. The summed E-state index contributed by atoms with van der Waals surface area (Å²) in [5.74, 6) is -2.21. The number of likely N-dealkylation sites (N-methyl/N-ethyl adjacent to an activating group) is 1. The van der Waals surface area contributed by atoms with Gasteiger partial charge in [0.05, 0.1) is 13.2 Å². The van der Waals surface area contributed by atoms with Crippen molar-refractivity contribution in [2.45, 2.75) is 219 Å². The lowest BCUT2D eigenvalue weighted by atomic mass is 10.0. The van der Waals surface area contributed by atoms with Gasteiger partial charge in [0.2, 0.25) is 0 Å². The van der Waals surface area contributed by atoms with Crippen LogP contribution in [0.1, 0.15) is 206 Å². The van der Waals surface area contributed by atoms with E-state index in [0.717, 1.165) is 57.8 Å². The molecule has 0 aromatic carbocycles. The number of allylic oxidation sites excluding steroid dienone is 2. The van der Waals surface area contributed by atoms with Crippen LogP contribution in [0.15, 0.2) is 12.2 Å². The number of esters is 2. The van der Waals surface area contributed by atoms with Gasteiger partial charge in [-0.15, -0.1) is 0 Å². The fraction of sp³-hybridized carbons (Fsp3) is 0.884. The fourth-order valence-electron chi connectivity index (χ4n) is 6.26. The summed E-state index contributed by atoms with van der Waals surface area (Å²) in [5.41, 5.74) is 0. The van der Waals surface area contributed by atoms with Crippen LogP contribution < -0.4 is 5.32 Å². The highest BCUT2D eigenvalue weighted by Crippen LogP contribution is 2.43. The van der Waals surface area contributed by atoms with Gasteiger partial charge in [0.15, 0.2) is 6.10 Å². The van der Waals surface area contributed by atoms with E-state index in [1.54, 1.807) is 0 Å². The fourth-order valence-corrected chi connectivity index (χ4v) is 7.03. The van der Waals surface area contributed by atoms with Crippen molar-refractivity contribution < 1.29 is 47.5 Å². The van der Waals surface area contributed by atoms with Crippen LogP contribution in [0.3, 0.4) is 0 Å². The molecule has 324 valence electrons. The highest BCUT2D eigenvalue weighted by molar-refractivity contribution is 7.47. The summed E-state index contributed by atoms with van der Waals surface area (Å²) < 4.78 is 33.1. The standard InChI is InChI=1S/C43H82NO10P/c1-4-6-8-10-12-14-16-18-20-22-24-26-28-30-32-34-41(45)51-36-39(37-52-55(49,50)53-38-40(44-3)43(47)48)54-42(46)35-33-31-29-27-25-23-21-19-17-15-13-11-9-7-5-2/h19,21,39-40,44H,4-18,20,22-38H2,1-3H3,(H,47,48)(H,49,50)/b21-19-. The van der Waals surface area contributed by atoms with Gasteiger partial charge in [-0.2, -0.15) is 0 Å². The summed E-state index contributed by atoms with van der Waals surface area (Å²) in [5, 5.41) is 11.6. The first-order chi connectivity index (χ1) is 26.6. The van der Waals surface area contributed by atoms with E-state index in [9.17, 15) is 23.8 Å². The second-order valence-corrected chi connectivity index (χ2v) is 16.5. The SMILES string of the molecule is CCCCCCCC/C=C\CCCCCCCC(=O)OC(COC(=O)CCCCCCCCCCCCCCCCC)COP(=O)(O)OCC(NC)C(=O)O. The van der Waals surface area contributed by atoms with E-state index in [-0.39, 0.29) is 19.4 Å². The van der Waals surface area contributed by atoms with Gasteiger partial charge in [-0.25, -0.2) is 4.57 Å². The number of aliphatic carboxylic acids is 1. The predicted octanol–water partition coefficient (Wildman–Crippen LogP) is 11.5. The normalized spacial score (nSPS) is 13.8. The Hall–Kier alpha value is -1.78. The van der Waals surface area contributed by atoms with Crippen LogP contribution in [0.5, 0.6) is 0 Å². The Balaban J connectivity index is 4.42. The Bertz CT molecular complexity index is 995. The third kappa shape index (κ3) is 37.6. The third-order valence-electron chi connectivity index (χ3n) is 9.83. The van der Waals surface area contributed by atoms with Crippen LogP contribution in [0.4, 0.5) is 0 Å². The van der Waals surface area contributed by atoms with E-state index in [1.807, 2.05) is 0 Å². The Labute approximate surface area is 335 Å². The molecule has 3 unspecified atom stereocenters. The molecule has 0 rings (SSSR count). The molecule has 0 fully saturated rings. The molecule has 0 aliphatic rings. The predicted molar refractivity (Wildman–Crippen MR) is 222 cm³/mol. The van der Waals surface area contributed by atoms with Crippen molar-refractivity contribution in [2.24, 2.45) is 0 Å². The number of nitrogens with one attached hydrogen (secondary N) is 1. The maximum atomic E-state index is 12.7. The van der Waals surface area contributed by atoms with Crippen LogP contribution in [0.2, 0.25) is 0 Å². The van der Waals surface area contributed by atoms with Crippen molar-refractivity contribution in [1.29, 1.82) is 0 Å². The topological polar surface area (TPSA) is 158 Å². The number of carboxylic acid groups (broad SMARTS) is 1. The van der Waals surface area contributed by atoms with Crippen LogP contribution in [-0.2, 0) is 37.5 Å². The van der Waals surface area contributed by atoms with Gasteiger partial charge in [0.1, 0.15) is 12.6 Å². The van der Waals surface area contributed by atoms with Gasteiger partial charge in [-0.05, 0) is 45.6 Å². The summed E-state index contributed by atoms with van der Waals surface area (Å²) in [6, 6.07) is -1.22. The molecule has 3 atom stereocenters. The molecule has 0 heterocycles. The Morgan fingerprint density at radius 1 is 0.564 bits per heavy atom. The number of rotatable bonds is 42. The second-order valence-electron chi connectivity index (χ2n) is 15.1. The molecular weight excluding hydrogens is 721 g/mol. The van der Waals surface area contributed by atoms with Crippen molar-refractivity contribution in [1.82, 2.24) is 5.32 Å². The molecular formula is C43H82NO10P. The largest absolute Gasteiger partial charge is 0.480 e. The average Bonchev–Trinajstić information content (AvgIpc) is 3.16. The number of carboxylic acids is 1. The van der Waals surface area contributed by atoms with Gasteiger partial charge in [-0.3, -0.25) is 23.4 Å². The van der Waals surface area contributed by atoms with Gasteiger partial charge < -0.3 is 24.8 Å². The summed E-state index contributed by atoms with van der Waals surface area (Å²) in [4.78, 5) is 46.4. The van der Waals surface area contributed by atoms with Gasteiger partial charge in [0, 0.05) is 12.8 Å². The number of hydrogen-bond donors (Lipinski definition) is 3. The van der Waals surface area contributed by atoms with Gasteiger partial charge in [-0.1, -0.05) is 167 Å². The van der Waals surface area contributed by atoms with E-state index in [2.05, 4.69) is 31.3 Å². The van der Waals surface area contributed by atoms with Crippen LogP contribution in [0.25, 0.3) is 0 Å². The Morgan fingerprint density at radius 3 is 1.36 bits per heavy atom. The monoisotopic (exact) mass is 804 g/mol. The second kappa shape index (κ2) is 39.1. The number of unbranched alkanes of at least 4 members (excludes halogenated alkanes) is 25. The average molecular weight is 804 g/mol. The molecule has 0 bridgehead atoms. The van der Waals surface area contributed by atoms with E-state index >= 15 is 0 Å². The van der Waals surface area contributed by atoms with Gasteiger partial charge >= 0.3 is 25.7 Å². The number of carbonyl (C=O) groups is 3. The quantitative estimate of drug-likeness (QED) is 0.0233. The maximum Gasteiger partial charge on any atom is 0.472 e. The molecule has 0 spiro atoms. The first-order valence-corrected chi connectivity index (χ1v) is 23.7. The number of hydrogen-bond acceptors (Lipinski definition) is 9. The molecule has 3 N–H and O–H groups in total. The number of phosphoric acid groups is 1. The smallest absolute Gasteiger partial charge is 0.472 e. The number of ether oxygens (including phenoxy) is 2. The zero-order chi connectivity index (χ0) is 40.7. The molecule has 0 radical (unpaired) electrons. The zero-order valence-electron chi connectivity index (χ0n) is 35.3.